The molecule has 1 unspecified atom stereocenters. The van der Waals surface area contributed by atoms with Crippen molar-refractivity contribution in [1.29, 1.82) is 0 Å². The molecule has 0 aliphatic rings. The molecule has 0 aliphatic carbocycles. The van der Waals surface area contributed by atoms with E-state index in [9.17, 15) is 13.2 Å². The fourth-order valence-electron chi connectivity index (χ4n) is 1.08. The van der Waals surface area contributed by atoms with Crippen molar-refractivity contribution in [3.63, 3.8) is 0 Å². The fourth-order valence-corrected chi connectivity index (χ4v) is 1.46. The van der Waals surface area contributed by atoms with Crippen LogP contribution in [0.4, 0.5) is 13.2 Å². The van der Waals surface area contributed by atoms with Crippen LogP contribution in [0.1, 0.15) is 17.2 Å². The van der Waals surface area contributed by atoms with Crippen LogP contribution in [-0.2, 0) is 0 Å². The summed E-state index contributed by atoms with van der Waals surface area (Å²) in [4.78, 5) is 0. The molecule has 1 aromatic rings. The Hall–Kier alpha value is -0.550. The van der Waals surface area contributed by atoms with Crippen LogP contribution in [0.5, 0.6) is 0 Å². The van der Waals surface area contributed by atoms with Crippen LogP contribution < -0.4 is 0 Å². The molecule has 0 aliphatic heterocycles. The zero-order valence-electron chi connectivity index (χ0n) is 7.27. The first-order valence-corrected chi connectivity index (χ1v) is 4.62. The minimum Gasteiger partial charge on any atom is -0.379 e. The van der Waals surface area contributed by atoms with E-state index in [0.29, 0.717) is 10.0 Å². The largest absolute Gasteiger partial charge is 0.418 e. The van der Waals surface area contributed by atoms with Crippen LogP contribution >= 0.6 is 15.9 Å². The van der Waals surface area contributed by atoms with Gasteiger partial charge in [-0.2, -0.15) is 13.2 Å². The minimum absolute atomic E-state index is 0.119. The Morgan fingerprint density at radius 1 is 1.36 bits per heavy atom. The van der Waals surface area contributed by atoms with E-state index in [1.807, 2.05) is 0 Å². The molecule has 0 amide bonds. The van der Waals surface area contributed by atoms with E-state index in [0.717, 1.165) is 0 Å². The normalized spacial score (nSPS) is 14.1. The van der Waals surface area contributed by atoms with Crippen LogP contribution in [0, 0.1) is 6.92 Å². The number of hydrogen-bond acceptors (Lipinski definition) is 1. The quantitative estimate of drug-likeness (QED) is 0.828. The Balaban J connectivity index is 3.12. The molecule has 14 heavy (non-hydrogen) atoms. The molecule has 1 atom stereocenters. The minimum atomic E-state index is -4.62. The maximum absolute atomic E-state index is 12.2. The van der Waals surface area contributed by atoms with Crippen molar-refractivity contribution in [3.8, 4) is 0 Å². The fraction of sp³-hybridized carbons (Fsp3) is 0.333. The predicted octanol–water partition coefficient (Wildman–Crippen LogP) is 3.35. The highest BCUT2D eigenvalue weighted by molar-refractivity contribution is 9.10. The van der Waals surface area contributed by atoms with E-state index in [4.69, 9.17) is 5.11 Å². The zero-order valence-corrected chi connectivity index (χ0v) is 8.85. The van der Waals surface area contributed by atoms with Gasteiger partial charge in [-0.05, 0) is 30.2 Å². The first-order chi connectivity index (χ1) is 6.32. The molecular weight excluding hydrogens is 261 g/mol. The maximum atomic E-state index is 12.2. The van der Waals surface area contributed by atoms with Gasteiger partial charge in [-0.3, -0.25) is 0 Å². The number of aliphatic hydroxyl groups excluding tert-OH is 1. The van der Waals surface area contributed by atoms with Gasteiger partial charge in [-0.15, -0.1) is 0 Å². The van der Waals surface area contributed by atoms with Crippen LogP contribution in [0.15, 0.2) is 22.7 Å². The van der Waals surface area contributed by atoms with Crippen molar-refractivity contribution in [2.24, 2.45) is 0 Å². The summed E-state index contributed by atoms with van der Waals surface area (Å²) < 4.78 is 37.1. The van der Waals surface area contributed by atoms with Gasteiger partial charge < -0.3 is 5.11 Å². The van der Waals surface area contributed by atoms with Crippen molar-refractivity contribution in [3.05, 3.63) is 33.8 Å². The Kier molecular flexibility index (Phi) is 3.21. The van der Waals surface area contributed by atoms with E-state index >= 15 is 0 Å². The summed E-state index contributed by atoms with van der Waals surface area (Å²) in [5.74, 6) is 0. The van der Waals surface area contributed by atoms with Crippen molar-refractivity contribution >= 4 is 15.9 Å². The third-order valence-electron chi connectivity index (χ3n) is 1.85. The van der Waals surface area contributed by atoms with Crippen LogP contribution in [0.2, 0.25) is 0 Å². The lowest BCUT2D eigenvalue weighted by atomic mass is 10.0. The molecular formula is C9H8BrF3O. The van der Waals surface area contributed by atoms with Gasteiger partial charge in [0, 0.05) is 4.47 Å². The van der Waals surface area contributed by atoms with Gasteiger partial charge in [0.1, 0.15) is 0 Å². The molecule has 0 fully saturated rings. The molecule has 0 radical (unpaired) electrons. The average molecular weight is 269 g/mol. The number of aryl methyl sites for hydroxylation is 1. The van der Waals surface area contributed by atoms with Gasteiger partial charge in [-0.1, -0.05) is 22.0 Å². The first kappa shape index (κ1) is 11.5. The molecule has 5 heteroatoms. The first-order valence-electron chi connectivity index (χ1n) is 3.83. The Morgan fingerprint density at radius 3 is 2.43 bits per heavy atom. The Bertz CT molecular complexity index is 335. The second-order valence-corrected chi connectivity index (χ2v) is 3.86. The molecule has 0 bridgehead atoms. The summed E-state index contributed by atoms with van der Waals surface area (Å²) in [5.41, 5.74) is 0.296. The van der Waals surface area contributed by atoms with Crippen LogP contribution in [-0.4, -0.2) is 11.3 Å². The second kappa shape index (κ2) is 3.90. The molecule has 1 rings (SSSR count). The SMILES string of the molecule is Cc1ccc(Br)cc1C(O)C(F)(F)F. The molecule has 0 heterocycles. The molecule has 0 aromatic heterocycles. The molecule has 1 nitrogen and oxygen atoms in total. The van der Waals surface area contributed by atoms with Crippen LogP contribution in [0.3, 0.4) is 0 Å². The van der Waals surface area contributed by atoms with Gasteiger partial charge in [0.25, 0.3) is 0 Å². The van der Waals surface area contributed by atoms with E-state index in [-0.39, 0.29) is 5.56 Å². The van der Waals surface area contributed by atoms with E-state index in [1.165, 1.54) is 19.1 Å². The number of rotatable bonds is 1. The van der Waals surface area contributed by atoms with Gasteiger partial charge in [-0.25, -0.2) is 0 Å². The van der Waals surface area contributed by atoms with Gasteiger partial charge >= 0.3 is 6.18 Å². The number of aliphatic hydroxyl groups is 1. The lowest BCUT2D eigenvalue weighted by Crippen LogP contribution is -2.21. The highest BCUT2D eigenvalue weighted by Crippen LogP contribution is 2.34. The molecule has 1 aromatic carbocycles. The molecule has 78 valence electrons. The monoisotopic (exact) mass is 268 g/mol. The average Bonchev–Trinajstić information content (AvgIpc) is 2.06. The zero-order chi connectivity index (χ0) is 10.9. The summed E-state index contributed by atoms with van der Waals surface area (Å²) in [6.07, 6.45) is -7.04. The smallest absolute Gasteiger partial charge is 0.379 e. The summed E-state index contributed by atoms with van der Waals surface area (Å²) in [7, 11) is 0. The van der Waals surface area contributed by atoms with Gasteiger partial charge in [0.05, 0.1) is 0 Å². The van der Waals surface area contributed by atoms with Crippen molar-refractivity contribution in [2.45, 2.75) is 19.2 Å². The number of halogens is 4. The number of hydrogen-bond donors (Lipinski definition) is 1. The molecule has 0 saturated heterocycles. The third-order valence-corrected chi connectivity index (χ3v) is 2.34. The number of alkyl halides is 3. The lowest BCUT2D eigenvalue weighted by molar-refractivity contribution is -0.207. The molecule has 0 saturated carbocycles. The van der Waals surface area contributed by atoms with E-state index < -0.39 is 12.3 Å². The Morgan fingerprint density at radius 2 is 1.93 bits per heavy atom. The summed E-state index contributed by atoms with van der Waals surface area (Å²) in [5, 5.41) is 9.02. The van der Waals surface area contributed by atoms with Crippen LogP contribution in [0.25, 0.3) is 0 Å². The highest BCUT2D eigenvalue weighted by atomic mass is 79.9. The molecule has 1 N–H and O–H groups in total. The van der Waals surface area contributed by atoms with Gasteiger partial charge in [0.2, 0.25) is 0 Å². The second-order valence-electron chi connectivity index (χ2n) is 2.95. The predicted molar refractivity (Wildman–Crippen MR) is 49.9 cm³/mol. The van der Waals surface area contributed by atoms with E-state index in [2.05, 4.69) is 15.9 Å². The third kappa shape index (κ3) is 2.48. The summed E-state index contributed by atoms with van der Waals surface area (Å²) >= 11 is 3.05. The summed E-state index contributed by atoms with van der Waals surface area (Å²) in [6, 6.07) is 4.42. The van der Waals surface area contributed by atoms with Crippen molar-refractivity contribution in [1.82, 2.24) is 0 Å². The van der Waals surface area contributed by atoms with Crippen molar-refractivity contribution < 1.29 is 18.3 Å². The van der Waals surface area contributed by atoms with Gasteiger partial charge in [0.15, 0.2) is 6.10 Å². The maximum Gasteiger partial charge on any atom is 0.418 e. The topological polar surface area (TPSA) is 20.2 Å². The highest BCUT2D eigenvalue weighted by Gasteiger charge is 2.40. The Labute approximate surface area is 87.7 Å². The standard InChI is InChI=1S/C9H8BrF3O/c1-5-2-3-6(10)4-7(5)8(14)9(11,12)13/h2-4,8,14H,1H3. The van der Waals surface area contributed by atoms with Crippen molar-refractivity contribution in [2.75, 3.05) is 0 Å². The summed E-state index contributed by atoms with van der Waals surface area (Å²) in [6.45, 7) is 1.52. The number of benzene rings is 1. The molecule has 0 spiro atoms. The van der Waals surface area contributed by atoms with E-state index in [1.54, 1.807) is 6.07 Å². The lowest BCUT2D eigenvalue weighted by Gasteiger charge is -2.17.